The molecule has 4 amide bonds. The van der Waals surface area contributed by atoms with Crippen molar-refractivity contribution < 1.29 is 76.9 Å². The van der Waals surface area contributed by atoms with Crippen molar-refractivity contribution in [3.63, 3.8) is 0 Å². The van der Waals surface area contributed by atoms with E-state index < -0.39 is 78.8 Å². The van der Waals surface area contributed by atoms with Crippen molar-refractivity contribution in [3.8, 4) is 23.0 Å². The number of rotatable bonds is 28. The van der Waals surface area contributed by atoms with Crippen LogP contribution in [0.4, 0.5) is 21.9 Å². The van der Waals surface area contributed by atoms with Gasteiger partial charge in [0.25, 0.3) is 23.5 Å². The van der Waals surface area contributed by atoms with Gasteiger partial charge in [-0.3, -0.25) is 39.5 Å². The number of Topliss-reactive ketones (excluding diaryl/α,β-unsaturated/α-hetero) is 2. The third-order valence-corrected chi connectivity index (χ3v) is 14.3. The van der Waals surface area contributed by atoms with Gasteiger partial charge in [0, 0.05) is 36.6 Å². The van der Waals surface area contributed by atoms with Crippen molar-refractivity contribution in [2.45, 2.75) is 97.1 Å². The van der Waals surface area contributed by atoms with E-state index in [1.807, 2.05) is 38.2 Å². The number of anilines is 3. The highest BCUT2D eigenvalue weighted by atomic mass is 16.6. The van der Waals surface area contributed by atoms with Gasteiger partial charge in [0.2, 0.25) is 0 Å². The number of aliphatic hydroxyl groups excluding tert-OH is 2. The minimum atomic E-state index is -1.58. The van der Waals surface area contributed by atoms with E-state index in [9.17, 15) is 43.8 Å². The summed E-state index contributed by atoms with van der Waals surface area (Å²) >= 11 is 0. The third kappa shape index (κ3) is 14.3. The number of fused-ring (bicyclic) bond motifs is 4. The van der Waals surface area contributed by atoms with Crippen LogP contribution in [-0.4, -0.2) is 152 Å². The maximum atomic E-state index is 14.4. The van der Waals surface area contributed by atoms with Crippen molar-refractivity contribution in [2.75, 3.05) is 69.0 Å². The quantitative estimate of drug-likeness (QED) is 0.0139. The van der Waals surface area contributed by atoms with Gasteiger partial charge in [-0.1, -0.05) is 69.5 Å². The molecule has 4 aliphatic rings. The molecule has 3 aromatic carbocycles. The zero-order chi connectivity index (χ0) is 60.8. The Balaban J connectivity index is 1.02. The van der Waals surface area contributed by atoms with Crippen molar-refractivity contribution in [3.05, 3.63) is 139 Å². The molecule has 0 saturated carbocycles. The van der Waals surface area contributed by atoms with E-state index in [-0.39, 0.29) is 116 Å². The van der Waals surface area contributed by atoms with Crippen molar-refractivity contribution in [1.29, 1.82) is 0 Å². The molecule has 0 aromatic heterocycles. The monoisotopic (exact) mass is 1160 g/mol. The predicted molar refractivity (Wildman–Crippen MR) is 310 cm³/mol. The van der Waals surface area contributed by atoms with Gasteiger partial charge in [-0.05, 0) is 80.5 Å². The maximum absolute atomic E-state index is 14.4. The minimum Gasteiger partial charge on any atom is -0.493 e. The number of hydrogen-bond acceptors (Lipinski definition) is 19. The van der Waals surface area contributed by atoms with Gasteiger partial charge < -0.3 is 58.5 Å². The van der Waals surface area contributed by atoms with Crippen LogP contribution in [0.2, 0.25) is 0 Å². The van der Waals surface area contributed by atoms with Gasteiger partial charge in [-0.2, -0.15) is 0 Å². The number of amides is 4. The summed E-state index contributed by atoms with van der Waals surface area (Å²) in [4.78, 5) is 99.3. The summed E-state index contributed by atoms with van der Waals surface area (Å²) in [5.74, 6) is -3.26. The summed E-state index contributed by atoms with van der Waals surface area (Å²) in [6.07, 6.45) is 9.80. The largest absolute Gasteiger partial charge is 0.493 e. The normalized spacial score (nSPS) is 18.8. The molecule has 448 valence electrons. The number of esters is 1. The fourth-order valence-corrected chi connectivity index (χ4v) is 9.98. The summed E-state index contributed by atoms with van der Waals surface area (Å²) in [5, 5.41) is 33.0. The summed E-state index contributed by atoms with van der Waals surface area (Å²) in [6.45, 7) is 15.1. The lowest BCUT2D eigenvalue weighted by Crippen LogP contribution is -2.51. The average Bonchev–Trinajstić information content (AvgIpc) is 3.20. The molecule has 23 nitrogen and oxygen atoms in total. The van der Waals surface area contributed by atoms with E-state index in [4.69, 9.17) is 33.2 Å². The molecule has 23 heteroatoms. The van der Waals surface area contributed by atoms with Crippen molar-refractivity contribution in [1.82, 2.24) is 20.4 Å². The first kappa shape index (κ1) is 62.8. The van der Waals surface area contributed by atoms with E-state index in [0.717, 1.165) is 27.2 Å². The number of carbonyl (C=O) groups excluding carboxylic acids is 7. The minimum absolute atomic E-state index is 0.00104. The van der Waals surface area contributed by atoms with E-state index >= 15 is 0 Å². The van der Waals surface area contributed by atoms with Crippen LogP contribution < -0.4 is 44.7 Å². The first-order valence-corrected chi connectivity index (χ1v) is 27.4. The Labute approximate surface area is 487 Å². The molecule has 7 rings (SSSR count). The zero-order valence-electron chi connectivity index (χ0n) is 48.2. The SMILES string of the molecule is C=CCOC(=O)C(=O)[C@@H](NCC(=O)[C@H](C)NCNc1ccc(COC(=O)N2c3cc(OCCCOc4cc5c(cc4OC)C(=O)N4C=C(/C=C/C)C[C@H]4[C@H](O)N5C(=O)COC=C)c(OC)cc3C(=O)N3C=C(/C=C/C)C[C@H]3[C@@H]2O)cc1)C(C)C. The molecule has 84 heavy (non-hydrogen) atoms. The van der Waals surface area contributed by atoms with E-state index in [0.29, 0.717) is 11.3 Å². The number of ketones is 2. The average molecular weight is 1160 g/mol. The molecular weight excluding hydrogens is 1090 g/mol. The molecule has 0 aliphatic carbocycles. The number of hydrogen-bond donors (Lipinski definition) is 5. The first-order chi connectivity index (χ1) is 40.4. The zero-order valence-corrected chi connectivity index (χ0v) is 48.2. The smallest absolute Gasteiger partial charge is 0.416 e. The van der Waals surface area contributed by atoms with Gasteiger partial charge in [0.1, 0.15) is 13.2 Å². The van der Waals surface area contributed by atoms with Crippen molar-refractivity contribution >= 4 is 58.4 Å². The van der Waals surface area contributed by atoms with E-state index in [2.05, 4.69) is 29.1 Å². The molecular formula is C61H73N7O16. The molecule has 4 aliphatic heterocycles. The second kappa shape index (κ2) is 29.0. The summed E-state index contributed by atoms with van der Waals surface area (Å²) in [7, 11) is 2.81. The Morgan fingerprint density at radius 3 is 1.80 bits per heavy atom. The Bertz CT molecular complexity index is 3100. The van der Waals surface area contributed by atoms with Crippen LogP contribution >= 0.6 is 0 Å². The van der Waals surface area contributed by atoms with Gasteiger partial charge in [-0.15, -0.1) is 0 Å². The Morgan fingerprint density at radius 1 is 0.738 bits per heavy atom. The molecule has 0 fully saturated rings. The van der Waals surface area contributed by atoms with Crippen LogP contribution in [0.25, 0.3) is 0 Å². The number of methoxy groups -OCH3 is 2. The number of nitrogens with zero attached hydrogens (tertiary/aromatic N) is 4. The lowest BCUT2D eigenvalue weighted by atomic mass is 9.99. The van der Waals surface area contributed by atoms with Gasteiger partial charge in [0.05, 0.1) is 93.6 Å². The Hall–Kier alpha value is -8.77. The highest BCUT2D eigenvalue weighted by molar-refractivity contribution is 6.35. The highest BCUT2D eigenvalue weighted by Gasteiger charge is 2.47. The predicted octanol–water partition coefficient (Wildman–Crippen LogP) is 6.03. The number of ether oxygens (including phenoxy) is 7. The molecule has 0 radical (unpaired) electrons. The second-order valence-corrected chi connectivity index (χ2v) is 20.3. The van der Waals surface area contributed by atoms with Crippen LogP contribution in [0.3, 0.4) is 0 Å². The molecule has 3 aromatic rings. The van der Waals surface area contributed by atoms with Crippen LogP contribution in [0.15, 0.2) is 122 Å². The Morgan fingerprint density at radius 2 is 1.29 bits per heavy atom. The van der Waals surface area contributed by atoms with E-state index in [1.54, 1.807) is 57.4 Å². The standard InChI is InChI=1S/C61H73N7O16/c1-10-15-39-24-46-58(74)67(53(70)34-80-13-4)44-28-51(49(78-8)26-42(44)56(72)65(46)31-39)81-22-14-23-82-52-29-45-43(27-50(52)79-9)57(73)66-32-40(16-11-2)25-47(66)59(75)68(45)61(77)84-33-38-17-19-41(20-18-38)64-35-63-37(7)48(69)30-62-54(36(5)6)55(71)60(76)83-21-12-3/h10-13,15-20,26-29,31-32,36-37,46-47,54,58-59,62-64,74-75H,3-4,14,21-25,30,33-35H2,1-2,5-9H3/b15-10+,16-11+/t37-,46-,47-,54-,58-,59-/m0/s1. The number of nitrogens with one attached hydrogen (secondary N) is 3. The topological polar surface area (TPSA) is 274 Å². The second-order valence-electron chi connectivity index (χ2n) is 20.3. The van der Waals surface area contributed by atoms with Crippen molar-refractivity contribution in [2.24, 2.45) is 5.92 Å². The van der Waals surface area contributed by atoms with Gasteiger partial charge >= 0.3 is 12.1 Å². The summed E-state index contributed by atoms with van der Waals surface area (Å²) < 4.78 is 39.7. The highest BCUT2D eigenvalue weighted by Crippen LogP contribution is 2.44. The van der Waals surface area contributed by atoms with Crippen LogP contribution in [-0.2, 0) is 40.0 Å². The molecule has 5 N–H and O–H groups in total. The molecule has 6 atom stereocenters. The number of carbonyl (C=O) groups is 7. The number of allylic oxidation sites excluding steroid dienone is 4. The lowest BCUT2D eigenvalue weighted by molar-refractivity contribution is -0.154. The van der Waals surface area contributed by atoms with Crippen LogP contribution in [0.5, 0.6) is 23.0 Å². The molecule has 0 spiro atoms. The molecule has 0 unspecified atom stereocenters. The lowest BCUT2D eigenvalue weighted by Gasteiger charge is -2.32. The molecule has 0 bridgehead atoms. The first-order valence-electron chi connectivity index (χ1n) is 27.4. The van der Waals surface area contributed by atoms with E-state index in [1.165, 1.54) is 54.4 Å². The summed E-state index contributed by atoms with van der Waals surface area (Å²) in [5.41, 5.74) is 3.02. The van der Waals surface area contributed by atoms with Gasteiger partial charge in [-0.25, -0.2) is 14.5 Å². The summed E-state index contributed by atoms with van der Waals surface area (Å²) in [6, 6.07) is 9.54. The fraction of sp³-hybridized carbons (Fsp3) is 0.393. The molecule has 4 heterocycles. The number of aliphatic hydroxyl groups is 2. The van der Waals surface area contributed by atoms with Crippen LogP contribution in [0.1, 0.15) is 80.2 Å². The van der Waals surface area contributed by atoms with Crippen LogP contribution in [0, 0.1) is 5.92 Å². The van der Waals surface area contributed by atoms with Gasteiger partial charge in [0.15, 0.2) is 47.8 Å². The number of benzene rings is 3. The fourth-order valence-electron chi connectivity index (χ4n) is 9.98. The third-order valence-electron chi connectivity index (χ3n) is 14.3. The molecule has 0 saturated heterocycles. The maximum Gasteiger partial charge on any atom is 0.416 e. The Kier molecular flexibility index (Phi) is 21.7.